The number of rotatable bonds is 5. The molecule has 118 valence electrons. The average molecular weight is 341 g/mol. The van der Waals surface area contributed by atoms with Crippen molar-refractivity contribution in [2.45, 2.75) is 43.5 Å². The molecule has 1 N–H and O–H groups in total. The molecule has 2 aromatic rings. The average Bonchev–Trinajstić information content (AvgIpc) is 2.46. The third-order valence-corrected chi connectivity index (χ3v) is 4.99. The molecular formula is C16H18ClFN2OS. The zero-order chi connectivity index (χ0) is 16.3. The Morgan fingerprint density at radius 3 is 2.77 bits per heavy atom. The predicted molar refractivity (Wildman–Crippen MR) is 89.4 cm³/mol. The van der Waals surface area contributed by atoms with Crippen LogP contribution in [-0.4, -0.2) is 15.2 Å². The summed E-state index contributed by atoms with van der Waals surface area (Å²) in [7, 11) is 0. The van der Waals surface area contributed by atoms with Crippen molar-refractivity contribution < 1.29 is 4.39 Å². The van der Waals surface area contributed by atoms with Gasteiger partial charge in [0.2, 0.25) is 0 Å². The van der Waals surface area contributed by atoms with Crippen molar-refractivity contribution in [2.75, 3.05) is 0 Å². The quantitative estimate of drug-likeness (QED) is 0.639. The van der Waals surface area contributed by atoms with E-state index in [1.807, 2.05) is 0 Å². The lowest BCUT2D eigenvalue weighted by molar-refractivity contribution is 0.599. The summed E-state index contributed by atoms with van der Waals surface area (Å²) in [6.07, 6.45) is 0.966. The molecular weight excluding hydrogens is 323 g/mol. The Morgan fingerprint density at radius 2 is 2.14 bits per heavy atom. The Hall–Kier alpha value is -1.33. The second-order valence-corrected chi connectivity index (χ2v) is 7.00. The summed E-state index contributed by atoms with van der Waals surface area (Å²) in [5, 5.41) is 1.23. The number of thioether (sulfide) groups is 1. The first-order valence-corrected chi connectivity index (χ1v) is 8.40. The summed E-state index contributed by atoms with van der Waals surface area (Å²) in [5.41, 5.74) is 0.637. The van der Waals surface area contributed by atoms with Gasteiger partial charge >= 0.3 is 0 Å². The second-order valence-electron chi connectivity index (χ2n) is 5.17. The highest BCUT2D eigenvalue weighted by Gasteiger charge is 2.19. The molecule has 0 bridgehead atoms. The van der Waals surface area contributed by atoms with Gasteiger partial charge in [0, 0.05) is 27.8 Å². The molecule has 3 nitrogen and oxygen atoms in total. The molecule has 6 heteroatoms. The van der Waals surface area contributed by atoms with E-state index in [1.54, 1.807) is 19.1 Å². The minimum atomic E-state index is -0.396. The van der Waals surface area contributed by atoms with E-state index >= 15 is 0 Å². The van der Waals surface area contributed by atoms with Gasteiger partial charge in [-0.25, -0.2) is 9.37 Å². The fourth-order valence-electron chi connectivity index (χ4n) is 2.08. The largest absolute Gasteiger partial charge is 0.301 e. The van der Waals surface area contributed by atoms with Crippen molar-refractivity contribution >= 4 is 23.4 Å². The summed E-state index contributed by atoms with van der Waals surface area (Å²) in [6, 6.07) is 5.95. The highest BCUT2D eigenvalue weighted by Crippen LogP contribution is 2.31. The summed E-state index contributed by atoms with van der Waals surface area (Å²) in [6.45, 7) is 5.93. The van der Waals surface area contributed by atoms with Gasteiger partial charge in [0.05, 0.1) is 5.69 Å². The summed E-state index contributed by atoms with van der Waals surface area (Å²) in [5.74, 6) is -0.787. The summed E-state index contributed by atoms with van der Waals surface area (Å²) < 4.78 is 14.0. The third-order valence-electron chi connectivity index (χ3n) is 3.50. The Labute approximate surface area is 138 Å². The number of aromatic nitrogens is 2. The zero-order valence-electron chi connectivity index (χ0n) is 12.7. The molecule has 0 aliphatic heterocycles. The highest BCUT2D eigenvalue weighted by atomic mass is 35.5. The number of H-pyrrole nitrogens is 1. The van der Waals surface area contributed by atoms with E-state index in [2.05, 4.69) is 23.8 Å². The molecule has 2 atom stereocenters. The van der Waals surface area contributed by atoms with Crippen LogP contribution >= 0.6 is 23.4 Å². The van der Waals surface area contributed by atoms with Crippen LogP contribution < -0.4 is 5.56 Å². The van der Waals surface area contributed by atoms with Gasteiger partial charge in [0.15, 0.2) is 5.16 Å². The number of hydrogen-bond donors (Lipinski definition) is 1. The number of nitrogens with one attached hydrogen (secondary N) is 1. The van der Waals surface area contributed by atoms with E-state index in [0.29, 0.717) is 26.7 Å². The van der Waals surface area contributed by atoms with Crippen molar-refractivity contribution in [1.29, 1.82) is 0 Å². The smallest absolute Gasteiger partial charge is 0.251 e. The first-order chi connectivity index (χ1) is 10.4. The molecule has 1 aromatic carbocycles. The molecule has 0 aliphatic carbocycles. The lowest BCUT2D eigenvalue weighted by Gasteiger charge is -2.15. The topological polar surface area (TPSA) is 45.8 Å². The molecule has 1 aromatic heterocycles. The third kappa shape index (κ3) is 3.90. The van der Waals surface area contributed by atoms with Crippen LogP contribution in [-0.2, 0) is 0 Å². The molecule has 0 unspecified atom stereocenters. The van der Waals surface area contributed by atoms with Crippen LogP contribution in [0.25, 0.3) is 0 Å². The fraction of sp³-hybridized carbons (Fsp3) is 0.375. The van der Waals surface area contributed by atoms with Crippen LogP contribution in [0.1, 0.15) is 44.4 Å². The maximum atomic E-state index is 14.0. The van der Waals surface area contributed by atoms with Crippen molar-refractivity contribution in [2.24, 2.45) is 0 Å². The monoisotopic (exact) mass is 340 g/mol. The van der Waals surface area contributed by atoms with Crippen LogP contribution in [0.5, 0.6) is 0 Å². The Bertz CT molecular complexity index is 699. The number of hydrogen-bond acceptors (Lipinski definition) is 3. The van der Waals surface area contributed by atoms with Crippen molar-refractivity contribution in [3.8, 4) is 0 Å². The van der Waals surface area contributed by atoms with Gasteiger partial charge in [-0.15, -0.1) is 0 Å². The van der Waals surface area contributed by atoms with Gasteiger partial charge in [0.1, 0.15) is 5.82 Å². The van der Waals surface area contributed by atoms with Gasteiger partial charge < -0.3 is 4.98 Å². The normalized spacial score (nSPS) is 13.9. The molecule has 0 aliphatic rings. The van der Waals surface area contributed by atoms with E-state index in [9.17, 15) is 9.18 Å². The molecule has 0 saturated heterocycles. The van der Waals surface area contributed by atoms with E-state index in [-0.39, 0.29) is 5.56 Å². The van der Waals surface area contributed by atoms with Crippen LogP contribution in [0.15, 0.2) is 34.2 Å². The van der Waals surface area contributed by atoms with Crippen molar-refractivity contribution in [3.63, 3.8) is 0 Å². The number of nitrogens with zero attached hydrogens (tertiary/aromatic N) is 1. The van der Waals surface area contributed by atoms with Crippen molar-refractivity contribution in [1.82, 2.24) is 9.97 Å². The van der Waals surface area contributed by atoms with Crippen LogP contribution in [0, 0.1) is 5.82 Å². The summed E-state index contributed by atoms with van der Waals surface area (Å²) in [4.78, 5) is 19.0. The van der Waals surface area contributed by atoms with Crippen LogP contribution in [0.2, 0.25) is 5.02 Å². The summed E-state index contributed by atoms with van der Waals surface area (Å²) >= 11 is 7.60. The van der Waals surface area contributed by atoms with Gasteiger partial charge in [0.25, 0.3) is 5.56 Å². The first-order valence-electron chi connectivity index (χ1n) is 7.14. The van der Waals surface area contributed by atoms with E-state index < -0.39 is 11.7 Å². The number of halogens is 2. The molecule has 0 fully saturated rings. The predicted octanol–water partition coefficient (Wildman–Crippen LogP) is 4.60. The lowest BCUT2D eigenvalue weighted by atomic mass is 9.97. The van der Waals surface area contributed by atoms with Crippen LogP contribution in [0.4, 0.5) is 4.39 Å². The molecule has 0 amide bonds. The number of benzene rings is 1. The second kappa shape index (κ2) is 7.29. The molecule has 1 heterocycles. The van der Waals surface area contributed by atoms with Crippen LogP contribution in [0.3, 0.4) is 0 Å². The molecule has 2 rings (SSSR count). The maximum absolute atomic E-state index is 14.0. The lowest BCUT2D eigenvalue weighted by Crippen LogP contribution is -2.14. The minimum absolute atomic E-state index is 0.241. The molecule has 22 heavy (non-hydrogen) atoms. The highest BCUT2D eigenvalue weighted by molar-refractivity contribution is 7.99. The Morgan fingerprint density at radius 1 is 1.41 bits per heavy atom. The first kappa shape index (κ1) is 17.0. The molecule has 0 radical (unpaired) electrons. The standard InChI is InChI=1S/C16H18ClFN2OS/c1-4-9(2)22-16-19-13(8-14(21)20-16)10(3)15-11(17)6-5-7-12(15)18/h5-10H,4H2,1-3H3,(H,19,20,21)/t9-,10-/m0/s1. The van der Waals surface area contributed by atoms with E-state index in [4.69, 9.17) is 11.6 Å². The Balaban J connectivity index is 2.41. The van der Waals surface area contributed by atoms with Gasteiger partial charge in [-0.05, 0) is 18.6 Å². The maximum Gasteiger partial charge on any atom is 0.251 e. The minimum Gasteiger partial charge on any atom is -0.301 e. The molecule has 0 saturated carbocycles. The van der Waals surface area contributed by atoms with Gasteiger partial charge in [-0.1, -0.05) is 50.2 Å². The molecule has 0 spiro atoms. The van der Waals surface area contributed by atoms with E-state index in [0.717, 1.165) is 6.42 Å². The number of aromatic amines is 1. The van der Waals surface area contributed by atoms with Crippen molar-refractivity contribution in [3.05, 3.63) is 56.7 Å². The van der Waals surface area contributed by atoms with E-state index in [1.165, 1.54) is 23.9 Å². The zero-order valence-corrected chi connectivity index (χ0v) is 14.3. The van der Waals surface area contributed by atoms with Gasteiger partial charge in [-0.3, -0.25) is 4.79 Å². The SMILES string of the molecule is CC[C@H](C)Sc1nc([C@H](C)c2c(F)cccc2Cl)cc(=O)[nH]1. The van der Waals surface area contributed by atoms with Gasteiger partial charge in [-0.2, -0.15) is 0 Å². The Kier molecular flexibility index (Phi) is 5.64. The fourth-order valence-corrected chi connectivity index (χ4v) is 3.27.